The van der Waals surface area contributed by atoms with Crippen LogP contribution >= 0.6 is 11.6 Å². The maximum absolute atomic E-state index is 14.0. The van der Waals surface area contributed by atoms with Gasteiger partial charge in [-0.05, 0) is 42.7 Å². The summed E-state index contributed by atoms with van der Waals surface area (Å²) in [6, 6.07) is 17.3. The Morgan fingerprint density at radius 2 is 1.62 bits per heavy atom. The summed E-state index contributed by atoms with van der Waals surface area (Å²) in [5, 5.41) is 3.29. The van der Waals surface area contributed by atoms with Gasteiger partial charge in [-0.25, -0.2) is 17.2 Å². The molecule has 0 aromatic heterocycles. The van der Waals surface area contributed by atoms with E-state index in [1.807, 2.05) is 44.2 Å². The van der Waals surface area contributed by atoms with Crippen LogP contribution in [0.1, 0.15) is 31.4 Å². The fourth-order valence-corrected chi connectivity index (χ4v) is 5.10. The van der Waals surface area contributed by atoms with Crippen molar-refractivity contribution in [3.05, 3.63) is 101 Å². The van der Waals surface area contributed by atoms with Crippen LogP contribution in [0, 0.1) is 11.6 Å². The predicted molar refractivity (Wildman–Crippen MR) is 152 cm³/mol. The first-order chi connectivity index (χ1) is 18.9. The van der Waals surface area contributed by atoms with Gasteiger partial charge in [0.1, 0.15) is 12.6 Å². The van der Waals surface area contributed by atoms with E-state index in [1.165, 1.54) is 4.90 Å². The molecule has 0 bridgehead atoms. The smallest absolute Gasteiger partial charge is 0.244 e. The standard InChI is InChI=1S/C29H32ClF2N3O4S/c1-4-20(2)33-29(37)27(16-21-10-6-5-7-11-21)34(18-22-12-8-9-13-24(22)30)28(36)19-35(40(3,38)39)23-14-15-25(31)26(32)17-23/h5-15,17,20,27H,4,16,18-19H2,1-3H3,(H,33,37)/t20-,27-/m0/s1. The molecule has 0 radical (unpaired) electrons. The van der Waals surface area contributed by atoms with Crippen molar-refractivity contribution in [3.8, 4) is 0 Å². The fourth-order valence-electron chi connectivity index (χ4n) is 4.06. The minimum atomic E-state index is -4.11. The molecule has 0 aliphatic rings. The van der Waals surface area contributed by atoms with Gasteiger partial charge in [-0.15, -0.1) is 0 Å². The van der Waals surface area contributed by atoms with Gasteiger partial charge in [0.15, 0.2) is 11.6 Å². The summed E-state index contributed by atoms with van der Waals surface area (Å²) in [5.74, 6) is -3.57. The van der Waals surface area contributed by atoms with Crippen LogP contribution in [0.5, 0.6) is 0 Å². The van der Waals surface area contributed by atoms with Gasteiger partial charge in [-0.1, -0.05) is 67.1 Å². The molecule has 2 atom stereocenters. The van der Waals surface area contributed by atoms with Crippen molar-refractivity contribution in [2.45, 2.75) is 45.3 Å². The molecule has 0 heterocycles. The van der Waals surface area contributed by atoms with Crippen LogP contribution in [-0.4, -0.2) is 50.0 Å². The maximum atomic E-state index is 14.0. The number of hydrogen-bond acceptors (Lipinski definition) is 4. The molecule has 3 aromatic carbocycles. The topological polar surface area (TPSA) is 86.8 Å². The molecule has 0 unspecified atom stereocenters. The summed E-state index contributed by atoms with van der Waals surface area (Å²) < 4.78 is 53.7. The SMILES string of the molecule is CC[C@H](C)NC(=O)[C@H](Cc1ccccc1)N(Cc1ccccc1Cl)C(=O)CN(c1ccc(F)c(F)c1)S(C)(=O)=O. The lowest BCUT2D eigenvalue weighted by atomic mass is 10.0. The average molecular weight is 592 g/mol. The Morgan fingerprint density at radius 3 is 2.23 bits per heavy atom. The molecule has 0 saturated carbocycles. The van der Waals surface area contributed by atoms with E-state index >= 15 is 0 Å². The highest BCUT2D eigenvalue weighted by atomic mass is 35.5. The van der Waals surface area contributed by atoms with Crippen LogP contribution in [0.25, 0.3) is 0 Å². The molecule has 2 amide bonds. The quantitative estimate of drug-likeness (QED) is 0.323. The maximum Gasteiger partial charge on any atom is 0.244 e. The number of nitrogens with zero attached hydrogens (tertiary/aromatic N) is 2. The third kappa shape index (κ3) is 8.25. The molecule has 0 aliphatic heterocycles. The average Bonchev–Trinajstić information content (AvgIpc) is 2.91. The van der Waals surface area contributed by atoms with Gasteiger partial charge >= 0.3 is 0 Å². The van der Waals surface area contributed by atoms with Gasteiger partial charge in [0, 0.05) is 30.1 Å². The molecule has 0 spiro atoms. The number of halogens is 3. The minimum Gasteiger partial charge on any atom is -0.352 e. The number of nitrogens with one attached hydrogen (secondary N) is 1. The van der Waals surface area contributed by atoms with E-state index in [2.05, 4.69) is 5.32 Å². The Bertz CT molecular complexity index is 1440. The van der Waals surface area contributed by atoms with Crippen molar-refractivity contribution in [2.75, 3.05) is 17.1 Å². The summed E-state index contributed by atoms with van der Waals surface area (Å²) in [5.41, 5.74) is 1.10. The summed E-state index contributed by atoms with van der Waals surface area (Å²) in [4.78, 5) is 28.9. The Balaban J connectivity index is 2.08. The third-order valence-electron chi connectivity index (χ3n) is 6.44. The second kappa shape index (κ2) is 13.7. The molecule has 214 valence electrons. The molecule has 11 heteroatoms. The molecular formula is C29H32ClF2N3O4S. The molecule has 40 heavy (non-hydrogen) atoms. The first kappa shape index (κ1) is 31.0. The van der Waals surface area contributed by atoms with Crippen LogP contribution in [0.4, 0.5) is 14.5 Å². The summed E-state index contributed by atoms with van der Waals surface area (Å²) in [6.45, 7) is 2.90. The monoisotopic (exact) mass is 591 g/mol. The van der Waals surface area contributed by atoms with Crippen LogP contribution in [0.2, 0.25) is 5.02 Å². The third-order valence-corrected chi connectivity index (χ3v) is 7.95. The van der Waals surface area contributed by atoms with Crippen LogP contribution in [0.15, 0.2) is 72.8 Å². The van der Waals surface area contributed by atoms with Gasteiger partial charge in [-0.3, -0.25) is 13.9 Å². The summed E-state index contributed by atoms with van der Waals surface area (Å²) >= 11 is 6.41. The van der Waals surface area contributed by atoms with E-state index in [-0.39, 0.29) is 24.7 Å². The second-order valence-electron chi connectivity index (χ2n) is 9.50. The van der Waals surface area contributed by atoms with Gasteiger partial charge in [0.05, 0.1) is 11.9 Å². The second-order valence-corrected chi connectivity index (χ2v) is 11.8. The molecule has 0 fully saturated rings. The Labute approximate surface area is 238 Å². The van der Waals surface area contributed by atoms with Crippen molar-refractivity contribution >= 4 is 39.1 Å². The van der Waals surface area contributed by atoms with E-state index < -0.39 is 46.1 Å². The molecule has 7 nitrogen and oxygen atoms in total. The van der Waals surface area contributed by atoms with Gasteiger partial charge < -0.3 is 10.2 Å². The number of anilines is 1. The zero-order valence-electron chi connectivity index (χ0n) is 22.5. The number of carbonyl (C=O) groups is 2. The minimum absolute atomic E-state index is 0.0979. The van der Waals surface area contributed by atoms with E-state index in [0.29, 0.717) is 27.4 Å². The summed E-state index contributed by atoms with van der Waals surface area (Å²) in [7, 11) is -4.11. The first-order valence-electron chi connectivity index (χ1n) is 12.7. The zero-order valence-corrected chi connectivity index (χ0v) is 24.1. The summed E-state index contributed by atoms with van der Waals surface area (Å²) in [6.07, 6.45) is 1.65. The number of carbonyl (C=O) groups excluding carboxylic acids is 2. The largest absolute Gasteiger partial charge is 0.352 e. The van der Waals surface area contributed by atoms with Crippen molar-refractivity contribution in [1.82, 2.24) is 10.2 Å². The lowest BCUT2D eigenvalue weighted by Gasteiger charge is -2.34. The highest BCUT2D eigenvalue weighted by Gasteiger charge is 2.34. The van der Waals surface area contributed by atoms with Gasteiger partial charge in [0.25, 0.3) is 0 Å². The van der Waals surface area contributed by atoms with Crippen LogP contribution < -0.4 is 9.62 Å². The van der Waals surface area contributed by atoms with Crippen LogP contribution in [-0.2, 0) is 32.6 Å². The highest BCUT2D eigenvalue weighted by molar-refractivity contribution is 7.92. The number of amides is 2. The molecule has 1 N–H and O–H groups in total. The number of benzene rings is 3. The Hall–Kier alpha value is -3.50. The number of sulfonamides is 1. The first-order valence-corrected chi connectivity index (χ1v) is 14.9. The molecule has 0 aliphatic carbocycles. The normalized spacial score (nSPS) is 12.8. The van der Waals surface area contributed by atoms with Gasteiger partial charge in [0.2, 0.25) is 21.8 Å². The van der Waals surface area contributed by atoms with Crippen molar-refractivity contribution in [1.29, 1.82) is 0 Å². The predicted octanol–water partition coefficient (Wildman–Crippen LogP) is 4.94. The van der Waals surface area contributed by atoms with Gasteiger partial charge in [-0.2, -0.15) is 0 Å². The van der Waals surface area contributed by atoms with Crippen molar-refractivity contribution in [3.63, 3.8) is 0 Å². The molecule has 3 aromatic rings. The number of hydrogen-bond donors (Lipinski definition) is 1. The van der Waals surface area contributed by atoms with Crippen molar-refractivity contribution < 1.29 is 26.8 Å². The number of rotatable bonds is 12. The molecule has 0 saturated heterocycles. The highest BCUT2D eigenvalue weighted by Crippen LogP contribution is 2.24. The van der Waals surface area contributed by atoms with E-state index in [0.717, 1.165) is 24.0 Å². The molecular weight excluding hydrogens is 560 g/mol. The lowest BCUT2D eigenvalue weighted by molar-refractivity contribution is -0.140. The van der Waals surface area contributed by atoms with Crippen molar-refractivity contribution in [2.24, 2.45) is 0 Å². The van der Waals surface area contributed by atoms with E-state index in [9.17, 15) is 26.8 Å². The van der Waals surface area contributed by atoms with Crippen LogP contribution in [0.3, 0.4) is 0 Å². The lowest BCUT2D eigenvalue weighted by Crippen LogP contribution is -2.54. The molecule has 3 rings (SSSR count). The zero-order chi connectivity index (χ0) is 29.4. The Morgan fingerprint density at radius 1 is 0.975 bits per heavy atom. The Kier molecular flexibility index (Phi) is 10.6. The van der Waals surface area contributed by atoms with E-state index in [1.54, 1.807) is 24.3 Å². The fraction of sp³-hybridized carbons (Fsp3) is 0.310. The van der Waals surface area contributed by atoms with E-state index in [4.69, 9.17) is 11.6 Å².